The molecule has 1 aromatic carbocycles. The molecule has 0 aromatic heterocycles. The summed E-state index contributed by atoms with van der Waals surface area (Å²) in [5, 5.41) is 35.3. The molecule has 3 N–H and O–H groups in total. The number of phenols is 1. The maximum Gasteiger partial charge on any atom is 0.115 e. The van der Waals surface area contributed by atoms with Crippen LogP contribution in [0.3, 0.4) is 0 Å². The van der Waals surface area contributed by atoms with Gasteiger partial charge in [-0.15, -0.1) is 0 Å². The Kier molecular flexibility index (Phi) is 3.15. The minimum atomic E-state index is -0.202. The predicted octanol–water partition coefficient (Wildman–Crippen LogP) is 3.52. The SMILES string of the molecule is C[C@]12CC[C@@H]3c4ccc(O)cc4CC[C@H]3[C@@H]1CC(=N\O)/C2=N/O. The summed E-state index contributed by atoms with van der Waals surface area (Å²) in [6, 6.07) is 5.75. The third-order valence-corrected chi connectivity index (χ3v) is 6.55. The van der Waals surface area contributed by atoms with Gasteiger partial charge in [-0.2, -0.15) is 0 Å². The van der Waals surface area contributed by atoms with Crippen LogP contribution in [0.2, 0.25) is 0 Å². The van der Waals surface area contributed by atoms with Gasteiger partial charge in [0.1, 0.15) is 17.2 Å². The fourth-order valence-corrected chi connectivity index (χ4v) is 5.45. The molecule has 2 fully saturated rings. The quantitative estimate of drug-likeness (QED) is 0.506. The van der Waals surface area contributed by atoms with E-state index in [9.17, 15) is 15.5 Å². The first-order valence-electron chi connectivity index (χ1n) is 8.34. The van der Waals surface area contributed by atoms with Gasteiger partial charge in [-0.05, 0) is 73.1 Å². The molecule has 0 amide bonds. The molecule has 5 heteroatoms. The summed E-state index contributed by atoms with van der Waals surface area (Å²) in [5.74, 6) is 1.67. The summed E-state index contributed by atoms with van der Waals surface area (Å²) >= 11 is 0. The molecule has 4 atom stereocenters. The lowest BCUT2D eigenvalue weighted by Crippen LogP contribution is -2.42. The largest absolute Gasteiger partial charge is 0.508 e. The van der Waals surface area contributed by atoms with Gasteiger partial charge in [-0.25, -0.2) is 0 Å². The first-order chi connectivity index (χ1) is 11.1. The number of oxime groups is 2. The highest BCUT2D eigenvalue weighted by atomic mass is 16.4. The minimum absolute atomic E-state index is 0.202. The minimum Gasteiger partial charge on any atom is -0.508 e. The molecular formula is C18H22N2O3. The van der Waals surface area contributed by atoms with Crippen molar-refractivity contribution in [1.29, 1.82) is 0 Å². The summed E-state index contributed by atoms with van der Waals surface area (Å²) in [6.07, 6.45) is 4.68. The Bertz CT molecular complexity index is 712. The average Bonchev–Trinajstić information content (AvgIpc) is 2.85. The second kappa shape index (κ2) is 4.98. The number of benzene rings is 1. The van der Waals surface area contributed by atoms with E-state index in [1.54, 1.807) is 6.07 Å². The summed E-state index contributed by atoms with van der Waals surface area (Å²) in [5.41, 5.74) is 3.53. The molecule has 122 valence electrons. The van der Waals surface area contributed by atoms with Gasteiger partial charge >= 0.3 is 0 Å². The second-order valence-corrected chi connectivity index (χ2v) is 7.45. The van der Waals surface area contributed by atoms with Crippen LogP contribution in [0.25, 0.3) is 0 Å². The average molecular weight is 314 g/mol. The molecule has 0 bridgehead atoms. The van der Waals surface area contributed by atoms with E-state index in [0.717, 1.165) is 25.7 Å². The number of hydrogen-bond donors (Lipinski definition) is 3. The summed E-state index contributed by atoms with van der Waals surface area (Å²) in [4.78, 5) is 0. The van der Waals surface area contributed by atoms with Crippen molar-refractivity contribution in [3.63, 3.8) is 0 Å². The van der Waals surface area contributed by atoms with Gasteiger partial charge in [0.2, 0.25) is 0 Å². The third kappa shape index (κ3) is 1.92. The zero-order valence-electron chi connectivity index (χ0n) is 13.2. The predicted molar refractivity (Wildman–Crippen MR) is 86.5 cm³/mol. The van der Waals surface area contributed by atoms with Crippen molar-refractivity contribution in [2.75, 3.05) is 0 Å². The first kappa shape index (κ1) is 14.5. The molecule has 3 aliphatic carbocycles. The molecule has 0 aliphatic heterocycles. The smallest absolute Gasteiger partial charge is 0.115 e. The fraction of sp³-hybridized carbons (Fsp3) is 0.556. The Morgan fingerprint density at radius 1 is 1.17 bits per heavy atom. The maximum absolute atomic E-state index is 9.72. The number of hydrogen-bond acceptors (Lipinski definition) is 5. The van der Waals surface area contributed by atoms with Crippen molar-refractivity contribution >= 4 is 11.4 Å². The molecule has 5 nitrogen and oxygen atoms in total. The molecule has 0 saturated heterocycles. The van der Waals surface area contributed by atoms with E-state index < -0.39 is 0 Å². The molecule has 23 heavy (non-hydrogen) atoms. The van der Waals surface area contributed by atoms with E-state index in [-0.39, 0.29) is 5.41 Å². The Morgan fingerprint density at radius 3 is 2.74 bits per heavy atom. The van der Waals surface area contributed by atoms with E-state index in [1.807, 2.05) is 6.07 Å². The van der Waals surface area contributed by atoms with Crippen LogP contribution in [0.15, 0.2) is 28.5 Å². The summed E-state index contributed by atoms with van der Waals surface area (Å²) in [7, 11) is 0. The standard InChI is InChI=1S/C18H22N2O3/c1-18-7-6-13-12-5-3-11(21)8-10(12)2-4-14(13)15(18)9-16(19-22)17(18)20-23/h3,5,8,13-15,21-23H,2,4,6-7,9H2,1H3/b19-16+,20-17-/t13-,14-,15+,18+/m1/s1. The topological polar surface area (TPSA) is 85.4 Å². The zero-order chi connectivity index (χ0) is 16.2. The van der Waals surface area contributed by atoms with Gasteiger partial charge < -0.3 is 15.5 Å². The van der Waals surface area contributed by atoms with Crippen LogP contribution in [-0.2, 0) is 6.42 Å². The molecule has 0 unspecified atom stereocenters. The van der Waals surface area contributed by atoms with Crippen molar-refractivity contribution in [3.8, 4) is 5.75 Å². The van der Waals surface area contributed by atoms with Gasteiger partial charge in [-0.3, -0.25) is 0 Å². The van der Waals surface area contributed by atoms with E-state index >= 15 is 0 Å². The van der Waals surface area contributed by atoms with E-state index in [0.29, 0.717) is 41.3 Å². The molecule has 0 heterocycles. The number of rotatable bonds is 0. The maximum atomic E-state index is 9.72. The van der Waals surface area contributed by atoms with Crippen LogP contribution in [0.4, 0.5) is 0 Å². The normalized spacial score (nSPS) is 39.1. The van der Waals surface area contributed by atoms with E-state index in [4.69, 9.17) is 0 Å². The Labute approximate surface area is 135 Å². The highest BCUT2D eigenvalue weighted by Gasteiger charge is 2.56. The number of phenolic OH excluding ortho intramolecular Hbond substituents is 1. The molecular weight excluding hydrogens is 292 g/mol. The highest BCUT2D eigenvalue weighted by Crippen LogP contribution is 2.59. The van der Waals surface area contributed by atoms with Crippen molar-refractivity contribution in [2.24, 2.45) is 27.6 Å². The lowest BCUT2D eigenvalue weighted by molar-refractivity contribution is 0.0963. The third-order valence-electron chi connectivity index (χ3n) is 6.55. The van der Waals surface area contributed by atoms with Crippen LogP contribution in [0.5, 0.6) is 5.75 Å². The van der Waals surface area contributed by atoms with Crippen LogP contribution >= 0.6 is 0 Å². The van der Waals surface area contributed by atoms with Gasteiger partial charge in [-0.1, -0.05) is 23.3 Å². The van der Waals surface area contributed by atoms with Crippen LogP contribution in [0.1, 0.15) is 49.7 Å². The van der Waals surface area contributed by atoms with Gasteiger partial charge in [0.15, 0.2) is 0 Å². The summed E-state index contributed by atoms with van der Waals surface area (Å²) in [6.45, 7) is 2.15. The van der Waals surface area contributed by atoms with E-state index in [1.165, 1.54) is 11.1 Å². The van der Waals surface area contributed by atoms with Crippen LogP contribution in [0, 0.1) is 17.3 Å². The zero-order valence-corrected chi connectivity index (χ0v) is 13.2. The molecule has 0 spiro atoms. The number of fused-ring (bicyclic) bond motifs is 5. The van der Waals surface area contributed by atoms with E-state index in [2.05, 4.69) is 23.3 Å². The number of aryl methyl sites for hydroxylation is 1. The number of nitrogens with zero attached hydrogens (tertiary/aromatic N) is 2. The number of aromatic hydroxyl groups is 1. The monoisotopic (exact) mass is 314 g/mol. The molecule has 3 aliphatic rings. The van der Waals surface area contributed by atoms with Crippen molar-refractivity contribution in [3.05, 3.63) is 29.3 Å². The Hall–Kier alpha value is -2.04. The van der Waals surface area contributed by atoms with Gasteiger partial charge in [0.25, 0.3) is 0 Å². The van der Waals surface area contributed by atoms with Crippen molar-refractivity contribution < 1.29 is 15.5 Å². The molecule has 1 aromatic rings. The Morgan fingerprint density at radius 2 is 2.00 bits per heavy atom. The first-order valence-corrected chi connectivity index (χ1v) is 8.34. The lowest BCUT2D eigenvalue weighted by atomic mass is 9.55. The van der Waals surface area contributed by atoms with Crippen molar-refractivity contribution in [2.45, 2.75) is 44.9 Å². The molecule has 4 rings (SSSR count). The molecule has 2 saturated carbocycles. The lowest BCUT2D eigenvalue weighted by Gasteiger charge is -2.48. The van der Waals surface area contributed by atoms with Crippen LogP contribution < -0.4 is 0 Å². The summed E-state index contributed by atoms with van der Waals surface area (Å²) < 4.78 is 0. The molecule has 0 radical (unpaired) electrons. The fourth-order valence-electron chi connectivity index (χ4n) is 5.45. The van der Waals surface area contributed by atoms with Crippen molar-refractivity contribution in [1.82, 2.24) is 0 Å². The van der Waals surface area contributed by atoms with Crippen LogP contribution in [-0.4, -0.2) is 26.9 Å². The second-order valence-electron chi connectivity index (χ2n) is 7.45. The van der Waals surface area contributed by atoms with Gasteiger partial charge in [0.05, 0.1) is 0 Å². The highest BCUT2D eigenvalue weighted by molar-refractivity contribution is 6.46. The Balaban J connectivity index is 1.74. The van der Waals surface area contributed by atoms with Gasteiger partial charge in [0, 0.05) is 5.41 Å².